The van der Waals surface area contributed by atoms with Gasteiger partial charge in [-0.05, 0) is 44.4 Å². The van der Waals surface area contributed by atoms with Crippen LogP contribution in [0.1, 0.15) is 37.0 Å². The summed E-state index contributed by atoms with van der Waals surface area (Å²) in [7, 11) is 1.65. The zero-order valence-electron chi connectivity index (χ0n) is 12.1. The zero-order chi connectivity index (χ0) is 14.6. The molecule has 0 aliphatic carbocycles. The summed E-state index contributed by atoms with van der Waals surface area (Å²) in [5.74, 6) is 0.599. The van der Waals surface area contributed by atoms with Crippen molar-refractivity contribution in [2.45, 2.75) is 39.7 Å². The van der Waals surface area contributed by atoms with Gasteiger partial charge in [-0.1, -0.05) is 12.1 Å². The van der Waals surface area contributed by atoms with Crippen LogP contribution in [0.15, 0.2) is 12.1 Å². The van der Waals surface area contributed by atoms with Gasteiger partial charge >= 0.3 is 0 Å². The number of nitrogens with one attached hydrogen (secondary N) is 1. The minimum atomic E-state index is -0.518. The summed E-state index contributed by atoms with van der Waals surface area (Å²) in [5, 5.41) is 11.4. The number of methoxy groups -OCH3 is 1. The van der Waals surface area contributed by atoms with E-state index in [4.69, 9.17) is 10.00 Å². The second kappa shape index (κ2) is 5.75. The third kappa shape index (κ3) is 3.47. The molecular weight excluding hydrogens is 240 g/mol. The molecule has 0 heterocycles. The van der Waals surface area contributed by atoms with E-state index in [9.17, 15) is 4.79 Å². The third-order valence-corrected chi connectivity index (χ3v) is 3.08. The topological polar surface area (TPSA) is 62.1 Å². The number of amides is 1. The maximum absolute atomic E-state index is 11.6. The average molecular weight is 260 g/mol. The van der Waals surface area contributed by atoms with Gasteiger partial charge in [0, 0.05) is 0 Å². The van der Waals surface area contributed by atoms with Crippen molar-refractivity contribution in [3.05, 3.63) is 28.8 Å². The van der Waals surface area contributed by atoms with E-state index in [1.807, 2.05) is 45.9 Å². The first-order chi connectivity index (χ1) is 8.81. The van der Waals surface area contributed by atoms with E-state index < -0.39 is 5.54 Å². The summed E-state index contributed by atoms with van der Waals surface area (Å²) >= 11 is 0. The number of carbonyl (C=O) groups is 1. The van der Waals surface area contributed by atoms with Gasteiger partial charge in [0.25, 0.3) is 0 Å². The maximum Gasteiger partial charge on any atom is 0.234 e. The highest BCUT2D eigenvalue weighted by Crippen LogP contribution is 2.29. The minimum absolute atomic E-state index is 0.127. The van der Waals surface area contributed by atoms with Gasteiger partial charge < -0.3 is 10.1 Å². The van der Waals surface area contributed by atoms with Crippen molar-refractivity contribution in [2.75, 3.05) is 7.11 Å². The summed E-state index contributed by atoms with van der Waals surface area (Å²) in [6.07, 6.45) is -0.127. The van der Waals surface area contributed by atoms with Crippen molar-refractivity contribution < 1.29 is 9.53 Å². The predicted octanol–water partition coefficient (Wildman–Crippen LogP) is 2.58. The smallest absolute Gasteiger partial charge is 0.234 e. The van der Waals surface area contributed by atoms with Crippen LogP contribution in [-0.2, 0) is 10.3 Å². The van der Waals surface area contributed by atoms with Crippen LogP contribution in [0.25, 0.3) is 0 Å². The van der Waals surface area contributed by atoms with E-state index in [1.54, 1.807) is 7.11 Å². The first-order valence-corrected chi connectivity index (χ1v) is 6.15. The Labute approximate surface area is 114 Å². The van der Waals surface area contributed by atoms with E-state index >= 15 is 0 Å². The number of hydrogen-bond donors (Lipinski definition) is 1. The maximum atomic E-state index is 11.6. The lowest BCUT2D eigenvalue weighted by molar-refractivity contribution is -0.121. The molecule has 1 aromatic rings. The van der Waals surface area contributed by atoms with Gasteiger partial charge in [0.15, 0.2) is 0 Å². The van der Waals surface area contributed by atoms with E-state index in [-0.39, 0.29) is 12.3 Å². The molecule has 0 saturated heterocycles. The Morgan fingerprint density at radius 2 is 1.89 bits per heavy atom. The van der Waals surface area contributed by atoms with Crippen molar-refractivity contribution >= 4 is 5.91 Å². The summed E-state index contributed by atoms with van der Waals surface area (Å²) in [4.78, 5) is 11.6. The molecule has 0 aromatic heterocycles. The second-order valence-corrected chi connectivity index (χ2v) is 5.15. The van der Waals surface area contributed by atoms with Crippen LogP contribution in [0.4, 0.5) is 0 Å². The van der Waals surface area contributed by atoms with Crippen LogP contribution >= 0.6 is 0 Å². The van der Waals surface area contributed by atoms with Gasteiger partial charge in [-0.3, -0.25) is 4.79 Å². The summed E-state index contributed by atoms with van der Waals surface area (Å²) in [6.45, 7) is 7.79. The third-order valence-electron chi connectivity index (χ3n) is 3.08. The van der Waals surface area contributed by atoms with E-state index in [1.165, 1.54) is 0 Å². The fourth-order valence-corrected chi connectivity index (χ4v) is 2.17. The van der Waals surface area contributed by atoms with Gasteiger partial charge in [-0.2, -0.15) is 5.26 Å². The Balaban J connectivity index is 3.09. The Kier molecular flexibility index (Phi) is 4.55. The normalized spacial score (nSPS) is 10.7. The van der Waals surface area contributed by atoms with Crippen molar-refractivity contribution in [1.82, 2.24) is 5.32 Å². The minimum Gasteiger partial charge on any atom is -0.496 e. The van der Waals surface area contributed by atoms with E-state index in [0.717, 1.165) is 22.4 Å². The van der Waals surface area contributed by atoms with Crippen LogP contribution < -0.4 is 10.1 Å². The molecule has 0 radical (unpaired) electrons. The molecule has 1 aromatic carbocycles. The van der Waals surface area contributed by atoms with Crippen molar-refractivity contribution in [3.63, 3.8) is 0 Å². The lowest BCUT2D eigenvalue weighted by atomic mass is 9.90. The predicted molar refractivity (Wildman–Crippen MR) is 73.9 cm³/mol. The van der Waals surface area contributed by atoms with Crippen LogP contribution in [-0.4, -0.2) is 13.0 Å². The number of nitrogens with zero attached hydrogens (tertiary/aromatic N) is 1. The molecule has 102 valence electrons. The standard InChI is InChI=1S/C15H20N2O2/c1-10-8-12(9-11(2)14(10)19-5)15(3,4)17-13(18)6-7-16/h8-9H,6H2,1-5H3,(H,17,18). The van der Waals surface area contributed by atoms with Crippen molar-refractivity contribution in [1.29, 1.82) is 5.26 Å². The lowest BCUT2D eigenvalue weighted by Gasteiger charge is -2.28. The first kappa shape index (κ1) is 15.0. The molecule has 4 nitrogen and oxygen atoms in total. The summed E-state index contributed by atoms with van der Waals surface area (Å²) < 4.78 is 5.33. The Hall–Kier alpha value is -2.02. The number of hydrogen-bond acceptors (Lipinski definition) is 3. The molecule has 0 atom stereocenters. The molecule has 0 saturated carbocycles. The lowest BCUT2D eigenvalue weighted by Crippen LogP contribution is -2.40. The largest absolute Gasteiger partial charge is 0.496 e. The Morgan fingerprint density at radius 1 is 1.37 bits per heavy atom. The Bertz CT molecular complexity index is 504. The van der Waals surface area contributed by atoms with Crippen LogP contribution in [0.5, 0.6) is 5.75 Å². The quantitative estimate of drug-likeness (QED) is 0.905. The van der Waals surface area contributed by atoms with Gasteiger partial charge in [0.2, 0.25) is 5.91 Å². The molecule has 0 unspecified atom stereocenters. The molecule has 4 heteroatoms. The summed E-state index contributed by atoms with van der Waals surface area (Å²) in [5.41, 5.74) is 2.53. The molecule has 1 N–H and O–H groups in total. The highest BCUT2D eigenvalue weighted by molar-refractivity contribution is 5.79. The molecule has 19 heavy (non-hydrogen) atoms. The van der Waals surface area contributed by atoms with E-state index in [2.05, 4.69) is 5.32 Å². The molecule has 0 spiro atoms. The second-order valence-electron chi connectivity index (χ2n) is 5.15. The number of ether oxygens (including phenoxy) is 1. The monoisotopic (exact) mass is 260 g/mol. The number of aryl methyl sites for hydroxylation is 2. The van der Waals surface area contributed by atoms with Crippen LogP contribution in [0, 0.1) is 25.2 Å². The van der Waals surface area contributed by atoms with Crippen molar-refractivity contribution in [3.8, 4) is 11.8 Å². The highest BCUT2D eigenvalue weighted by atomic mass is 16.5. The fraction of sp³-hybridized carbons (Fsp3) is 0.467. The first-order valence-electron chi connectivity index (χ1n) is 6.15. The van der Waals surface area contributed by atoms with Crippen molar-refractivity contribution in [2.24, 2.45) is 0 Å². The zero-order valence-corrected chi connectivity index (χ0v) is 12.1. The molecule has 1 rings (SSSR count). The fourth-order valence-electron chi connectivity index (χ4n) is 2.17. The molecule has 0 aliphatic rings. The van der Waals surface area contributed by atoms with E-state index in [0.29, 0.717) is 0 Å². The molecule has 0 aliphatic heterocycles. The average Bonchev–Trinajstić information content (AvgIpc) is 2.27. The highest BCUT2D eigenvalue weighted by Gasteiger charge is 2.24. The number of nitriles is 1. The molecule has 0 fully saturated rings. The van der Waals surface area contributed by atoms with Gasteiger partial charge in [0.05, 0.1) is 18.7 Å². The molecule has 0 bridgehead atoms. The molecule has 1 amide bonds. The van der Waals surface area contributed by atoms with Gasteiger partial charge in [-0.15, -0.1) is 0 Å². The van der Waals surface area contributed by atoms with Gasteiger partial charge in [0.1, 0.15) is 12.2 Å². The van der Waals surface area contributed by atoms with Gasteiger partial charge in [-0.25, -0.2) is 0 Å². The SMILES string of the molecule is COc1c(C)cc(C(C)(C)NC(=O)CC#N)cc1C. The van der Waals surface area contributed by atoms with Crippen LogP contribution in [0.3, 0.4) is 0 Å². The number of benzene rings is 1. The summed E-state index contributed by atoms with van der Waals surface area (Å²) in [6, 6.07) is 5.85. The molecular formula is C15H20N2O2. The van der Waals surface area contributed by atoms with Crippen LogP contribution in [0.2, 0.25) is 0 Å². The number of rotatable bonds is 4. The Morgan fingerprint density at radius 3 is 2.32 bits per heavy atom. The number of carbonyl (C=O) groups excluding carboxylic acids is 1.